The lowest BCUT2D eigenvalue weighted by Crippen LogP contribution is -2.28. The first-order chi connectivity index (χ1) is 8.57. The van der Waals surface area contributed by atoms with Gasteiger partial charge in [0.2, 0.25) is 11.8 Å². The van der Waals surface area contributed by atoms with E-state index in [1.807, 2.05) is 13.8 Å². The molecule has 0 fully saturated rings. The minimum atomic E-state index is 0.0503. The van der Waals surface area contributed by atoms with Gasteiger partial charge in [0.15, 0.2) is 0 Å². The van der Waals surface area contributed by atoms with E-state index in [0.29, 0.717) is 13.0 Å². The van der Waals surface area contributed by atoms with E-state index in [-0.39, 0.29) is 17.7 Å². The molecule has 0 spiro atoms. The lowest BCUT2D eigenvalue weighted by atomic mass is 10.1. The van der Waals surface area contributed by atoms with Gasteiger partial charge in [-0.3, -0.25) is 9.59 Å². The molecule has 4 heteroatoms. The Bertz CT molecular complexity index is 240. The molecule has 2 N–H and O–H groups in total. The third-order valence-corrected chi connectivity index (χ3v) is 2.76. The molecule has 0 aromatic rings. The Labute approximate surface area is 111 Å². The Morgan fingerprint density at radius 2 is 1.61 bits per heavy atom. The summed E-state index contributed by atoms with van der Waals surface area (Å²) in [6.07, 6.45) is 5.58. The van der Waals surface area contributed by atoms with E-state index >= 15 is 0 Å². The molecular formula is C14H28N2O2. The predicted octanol–water partition coefficient (Wildman–Crippen LogP) is 2.24. The molecule has 0 saturated heterocycles. The first-order valence-corrected chi connectivity index (χ1v) is 7.12. The zero-order valence-electron chi connectivity index (χ0n) is 12.1. The highest BCUT2D eigenvalue weighted by atomic mass is 16.2. The maximum absolute atomic E-state index is 11.4. The first-order valence-electron chi connectivity index (χ1n) is 7.12. The quantitative estimate of drug-likeness (QED) is 0.589. The van der Waals surface area contributed by atoms with Gasteiger partial charge in [0.05, 0.1) is 0 Å². The third kappa shape index (κ3) is 10.1. The molecule has 0 aromatic heterocycles. The van der Waals surface area contributed by atoms with Crippen molar-refractivity contribution in [3.05, 3.63) is 0 Å². The molecule has 4 nitrogen and oxygen atoms in total. The van der Waals surface area contributed by atoms with Gasteiger partial charge in [-0.2, -0.15) is 0 Å². The summed E-state index contributed by atoms with van der Waals surface area (Å²) in [7, 11) is 0. The van der Waals surface area contributed by atoms with Crippen LogP contribution in [0.3, 0.4) is 0 Å². The second-order valence-electron chi connectivity index (χ2n) is 4.96. The van der Waals surface area contributed by atoms with Gasteiger partial charge in [-0.1, -0.05) is 33.6 Å². The number of hydrogen-bond acceptors (Lipinski definition) is 2. The zero-order valence-corrected chi connectivity index (χ0v) is 12.1. The summed E-state index contributed by atoms with van der Waals surface area (Å²) in [6, 6.07) is 0. The van der Waals surface area contributed by atoms with Gasteiger partial charge >= 0.3 is 0 Å². The van der Waals surface area contributed by atoms with Crippen LogP contribution in [0.5, 0.6) is 0 Å². The van der Waals surface area contributed by atoms with Crippen LogP contribution >= 0.6 is 0 Å². The molecule has 0 aliphatic carbocycles. The van der Waals surface area contributed by atoms with Crippen molar-refractivity contribution in [1.29, 1.82) is 0 Å². The molecule has 0 atom stereocenters. The molecule has 106 valence electrons. The Morgan fingerprint density at radius 3 is 2.22 bits per heavy atom. The number of amides is 2. The Hall–Kier alpha value is -1.06. The van der Waals surface area contributed by atoms with Crippen LogP contribution in [0.15, 0.2) is 0 Å². The molecule has 0 bridgehead atoms. The maximum Gasteiger partial charge on any atom is 0.222 e. The van der Waals surface area contributed by atoms with E-state index in [9.17, 15) is 9.59 Å². The topological polar surface area (TPSA) is 58.2 Å². The van der Waals surface area contributed by atoms with Gasteiger partial charge < -0.3 is 10.6 Å². The average Bonchev–Trinajstić information content (AvgIpc) is 2.33. The zero-order chi connectivity index (χ0) is 13.8. The molecule has 0 rings (SSSR count). The highest BCUT2D eigenvalue weighted by Gasteiger charge is 2.05. The number of carbonyl (C=O) groups is 2. The molecule has 0 aliphatic heterocycles. The fourth-order valence-corrected chi connectivity index (χ4v) is 1.50. The van der Waals surface area contributed by atoms with Crippen LogP contribution in [0.4, 0.5) is 0 Å². The normalized spacial score (nSPS) is 10.4. The number of hydrogen-bond donors (Lipinski definition) is 2. The number of unbranched alkanes of at least 4 members (excludes halogenated alkanes) is 3. The van der Waals surface area contributed by atoms with Crippen molar-refractivity contribution in [1.82, 2.24) is 10.6 Å². The SMILES string of the molecule is CCCCNC(=O)CCCCCNC(=O)C(C)C. The lowest BCUT2D eigenvalue weighted by Gasteiger charge is -2.07. The Morgan fingerprint density at radius 1 is 0.944 bits per heavy atom. The van der Waals surface area contributed by atoms with Gasteiger partial charge in [-0.25, -0.2) is 0 Å². The lowest BCUT2D eigenvalue weighted by molar-refractivity contribution is -0.124. The standard InChI is InChI=1S/C14H28N2O2/c1-4-5-10-15-13(17)9-7-6-8-11-16-14(18)12(2)3/h12H,4-11H2,1-3H3,(H,15,17)(H,16,18). The molecular weight excluding hydrogens is 228 g/mol. The van der Waals surface area contributed by atoms with Gasteiger partial charge in [0.25, 0.3) is 0 Å². The molecule has 0 unspecified atom stereocenters. The maximum atomic E-state index is 11.4. The predicted molar refractivity (Wildman–Crippen MR) is 74.2 cm³/mol. The van der Waals surface area contributed by atoms with Crippen LogP contribution in [-0.2, 0) is 9.59 Å². The summed E-state index contributed by atoms with van der Waals surface area (Å²) in [5.41, 5.74) is 0. The third-order valence-electron chi connectivity index (χ3n) is 2.76. The minimum absolute atomic E-state index is 0.0503. The van der Waals surface area contributed by atoms with Gasteiger partial charge in [-0.05, 0) is 19.3 Å². The van der Waals surface area contributed by atoms with Crippen molar-refractivity contribution in [3.63, 3.8) is 0 Å². The van der Waals surface area contributed by atoms with Crippen molar-refractivity contribution in [2.75, 3.05) is 13.1 Å². The molecule has 2 amide bonds. The monoisotopic (exact) mass is 256 g/mol. The molecule has 0 aromatic carbocycles. The average molecular weight is 256 g/mol. The molecule has 0 heterocycles. The Kier molecular flexibility index (Phi) is 10.4. The van der Waals surface area contributed by atoms with Crippen LogP contribution in [0.2, 0.25) is 0 Å². The van der Waals surface area contributed by atoms with Gasteiger partial charge in [0.1, 0.15) is 0 Å². The van der Waals surface area contributed by atoms with E-state index < -0.39 is 0 Å². The van der Waals surface area contributed by atoms with Crippen LogP contribution in [0.1, 0.15) is 59.3 Å². The van der Waals surface area contributed by atoms with Crippen LogP contribution < -0.4 is 10.6 Å². The van der Waals surface area contributed by atoms with E-state index in [0.717, 1.165) is 38.6 Å². The van der Waals surface area contributed by atoms with Crippen LogP contribution in [-0.4, -0.2) is 24.9 Å². The van der Waals surface area contributed by atoms with Crippen LogP contribution in [0, 0.1) is 5.92 Å². The van der Waals surface area contributed by atoms with E-state index in [1.165, 1.54) is 0 Å². The fourth-order valence-electron chi connectivity index (χ4n) is 1.50. The first kappa shape index (κ1) is 16.9. The van der Waals surface area contributed by atoms with Crippen molar-refractivity contribution in [2.45, 2.75) is 59.3 Å². The fraction of sp³-hybridized carbons (Fsp3) is 0.857. The Balaban J connectivity index is 3.29. The van der Waals surface area contributed by atoms with Crippen LogP contribution in [0.25, 0.3) is 0 Å². The summed E-state index contributed by atoms with van der Waals surface area (Å²) < 4.78 is 0. The number of nitrogens with one attached hydrogen (secondary N) is 2. The molecule has 0 aliphatic rings. The van der Waals surface area contributed by atoms with Crippen molar-refractivity contribution in [3.8, 4) is 0 Å². The minimum Gasteiger partial charge on any atom is -0.356 e. The summed E-state index contributed by atoms with van der Waals surface area (Å²) in [4.78, 5) is 22.6. The summed E-state index contributed by atoms with van der Waals surface area (Å²) >= 11 is 0. The smallest absolute Gasteiger partial charge is 0.222 e. The van der Waals surface area contributed by atoms with Crippen molar-refractivity contribution >= 4 is 11.8 Å². The number of carbonyl (C=O) groups excluding carboxylic acids is 2. The van der Waals surface area contributed by atoms with E-state index in [2.05, 4.69) is 17.6 Å². The second kappa shape index (κ2) is 11.1. The molecule has 0 radical (unpaired) electrons. The highest BCUT2D eigenvalue weighted by Crippen LogP contribution is 1.99. The van der Waals surface area contributed by atoms with Gasteiger partial charge in [-0.15, -0.1) is 0 Å². The van der Waals surface area contributed by atoms with Crippen molar-refractivity contribution < 1.29 is 9.59 Å². The summed E-state index contributed by atoms with van der Waals surface area (Å²) in [6.45, 7) is 7.39. The molecule has 18 heavy (non-hydrogen) atoms. The van der Waals surface area contributed by atoms with Crippen molar-refractivity contribution in [2.24, 2.45) is 5.92 Å². The second-order valence-corrected chi connectivity index (χ2v) is 4.96. The summed E-state index contributed by atoms with van der Waals surface area (Å²) in [5.74, 6) is 0.302. The highest BCUT2D eigenvalue weighted by molar-refractivity contribution is 5.77. The number of rotatable bonds is 10. The molecule has 0 saturated carbocycles. The van der Waals surface area contributed by atoms with Gasteiger partial charge in [0, 0.05) is 25.4 Å². The van der Waals surface area contributed by atoms with E-state index in [4.69, 9.17) is 0 Å². The van der Waals surface area contributed by atoms with E-state index in [1.54, 1.807) is 0 Å². The summed E-state index contributed by atoms with van der Waals surface area (Å²) in [5, 5.41) is 5.77. The largest absolute Gasteiger partial charge is 0.356 e.